The quantitative estimate of drug-likeness (QED) is 0.195. The van der Waals surface area contributed by atoms with Crippen molar-refractivity contribution in [1.29, 1.82) is 0 Å². The number of hydrogen-bond donors (Lipinski definition) is 3. The molecule has 4 aromatic rings. The number of imide groups is 1. The van der Waals surface area contributed by atoms with Crippen LogP contribution in [0.1, 0.15) is 36.1 Å². The highest BCUT2D eigenvalue weighted by molar-refractivity contribution is 8.00. The second-order valence-electron chi connectivity index (χ2n) is 12.9. The maximum atomic E-state index is 13.6. The molecular weight excluding hydrogens is 667 g/mol. The lowest BCUT2D eigenvalue weighted by Crippen LogP contribution is -2.42. The summed E-state index contributed by atoms with van der Waals surface area (Å²) in [5, 5.41) is 14.9. The Morgan fingerprint density at radius 3 is 2.55 bits per heavy atom. The molecular formula is C36H33N3O8S2. The number of carbonyl (C=O) groups is 4. The number of carboxylic acids is 1. The Morgan fingerprint density at radius 2 is 1.76 bits per heavy atom. The molecule has 2 aliphatic carbocycles. The van der Waals surface area contributed by atoms with E-state index in [9.17, 15) is 29.1 Å². The summed E-state index contributed by atoms with van der Waals surface area (Å²) >= 11 is 2.75. The van der Waals surface area contributed by atoms with E-state index in [0.29, 0.717) is 23.8 Å². The molecule has 3 N–H and O–H groups in total. The van der Waals surface area contributed by atoms with E-state index >= 15 is 0 Å². The van der Waals surface area contributed by atoms with Gasteiger partial charge in [0.15, 0.2) is 18.1 Å². The molecule has 4 aliphatic rings. The Hall–Kier alpha value is -4.62. The van der Waals surface area contributed by atoms with Crippen LogP contribution in [0.5, 0.6) is 11.5 Å². The smallest absolute Gasteiger partial charge is 0.305 e. The van der Waals surface area contributed by atoms with Gasteiger partial charge in [0, 0.05) is 33.7 Å². The van der Waals surface area contributed by atoms with Crippen molar-refractivity contribution in [3.63, 3.8) is 0 Å². The summed E-state index contributed by atoms with van der Waals surface area (Å²) in [6.45, 7) is 1.86. The van der Waals surface area contributed by atoms with Crippen molar-refractivity contribution in [2.24, 2.45) is 29.6 Å². The van der Waals surface area contributed by atoms with Gasteiger partial charge in [0.25, 0.3) is 5.91 Å². The maximum absolute atomic E-state index is 13.6. The van der Waals surface area contributed by atoms with Crippen LogP contribution in [0.25, 0.3) is 10.8 Å². The van der Waals surface area contributed by atoms with E-state index in [-0.39, 0.29) is 71.1 Å². The number of H-pyrrole nitrogens is 1. The monoisotopic (exact) mass is 699 g/mol. The average Bonchev–Trinajstić information content (AvgIpc) is 3.82. The number of hydrogen-bond acceptors (Lipinski definition) is 9. The van der Waals surface area contributed by atoms with Crippen LogP contribution < -0.4 is 19.7 Å². The highest BCUT2D eigenvalue weighted by atomic mass is 32.2. The second kappa shape index (κ2) is 12.4. The standard InChI is InChI=1S/C36H33N3O8S2/c1-2-46-24-14-18(10-11-23(24)47-16-25(40)37-22-9-5-7-17-6-3-4-8-19(17)22)27-28-20-15-21(31(28)48-33-32(27)49-36(45)38-33)30-29(20)34(43)39(35(30)44)13-12-26(41)42/h3-11,14,20-21,27-31H,2,12-13,15-16H2,1H3,(H,37,40)(H,38,45)(H,41,42)/t20?,21?,27-,28?,29?,30?,31?/m1/s1. The minimum Gasteiger partial charge on any atom is -0.490 e. The fraction of sp³-hybridized carbons (Fsp3) is 0.361. The molecule has 13 heteroatoms. The zero-order chi connectivity index (χ0) is 34.0. The van der Waals surface area contributed by atoms with Crippen LogP contribution in [-0.2, 0) is 19.2 Å². The number of fused-ring (bicyclic) bond motifs is 10. The summed E-state index contributed by atoms with van der Waals surface area (Å²) in [6, 6.07) is 19.1. The number of thiazole rings is 1. The normalized spacial score (nSPS) is 26.4. The van der Waals surface area contributed by atoms with Crippen molar-refractivity contribution < 1.29 is 33.8 Å². The van der Waals surface area contributed by atoms with Crippen molar-refractivity contribution >= 4 is 63.2 Å². The SMILES string of the molecule is CCOc1cc([C@H]2c3sc(=O)[nH]c3SC3C4CC(C5C(=O)N(CCC(=O)O)C(=O)C45)C32)ccc1OCC(=O)Nc1cccc2ccccc12. The number of nitrogens with zero attached hydrogens (tertiary/aromatic N) is 1. The van der Waals surface area contributed by atoms with Gasteiger partial charge in [-0.3, -0.25) is 28.9 Å². The van der Waals surface area contributed by atoms with Crippen molar-refractivity contribution in [1.82, 2.24) is 9.88 Å². The van der Waals surface area contributed by atoms with E-state index in [1.807, 2.05) is 61.5 Å². The molecule has 252 valence electrons. The van der Waals surface area contributed by atoms with Crippen molar-refractivity contribution in [3.8, 4) is 11.5 Å². The molecule has 7 atom stereocenters. The Kier molecular flexibility index (Phi) is 7.98. The van der Waals surface area contributed by atoms with Crippen LogP contribution in [0.15, 0.2) is 70.5 Å². The lowest BCUT2D eigenvalue weighted by atomic mass is 9.68. The van der Waals surface area contributed by atoms with Gasteiger partial charge in [0.2, 0.25) is 11.8 Å². The summed E-state index contributed by atoms with van der Waals surface area (Å²) in [6.07, 6.45) is 0.442. The number of thioether (sulfide) groups is 1. The van der Waals surface area contributed by atoms with Gasteiger partial charge < -0.3 is 24.9 Å². The number of carbonyl (C=O) groups excluding carboxylic acids is 3. The first-order valence-electron chi connectivity index (χ1n) is 16.4. The second-order valence-corrected chi connectivity index (χ2v) is 15.1. The van der Waals surface area contributed by atoms with E-state index in [0.717, 1.165) is 48.9 Å². The number of anilines is 1. The number of aliphatic carboxylic acids is 1. The van der Waals surface area contributed by atoms with Crippen LogP contribution in [0.2, 0.25) is 0 Å². The highest BCUT2D eigenvalue weighted by Gasteiger charge is 2.69. The molecule has 3 fully saturated rings. The fourth-order valence-corrected chi connectivity index (χ4v) is 11.5. The minimum atomic E-state index is -1.05. The molecule has 2 bridgehead atoms. The van der Waals surface area contributed by atoms with Gasteiger partial charge in [0.05, 0.1) is 29.9 Å². The van der Waals surface area contributed by atoms with Crippen molar-refractivity contribution in [2.45, 2.75) is 36.0 Å². The van der Waals surface area contributed by atoms with Crippen molar-refractivity contribution in [3.05, 3.63) is 80.8 Å². The predicted octanol–water partition coefficient (Wildman–Crippen LogP) is 4.95. The molecule has 2 saturated carbocycles. The predicted molar refractivity (Wildman–Crippen MR) is 183 cm³/mol. The van der Waals surface area contributed by atoms with Gasteiger partial charge in [-0.05, 0) is 60.2 Å². The molecule has 11 nitrogen and oxygen atoms in total. The third-order valence-electron chi connectivity index (χ3n) is 10.4. The zero-order valence-corrected chi connectivity index (χ0v) is 28.1. The lowest BCUT2D eigenvalue weighted by Gasteiger charge is -2.43. The van der Waals surface area contributed by atoms with Crippen LogP contribution in [0.4, 0.5) is 5.69 Å². The Bertz CT molecular complexity index is 2070. The number of aromatic amines is 1. The summed E-state index contributed by atoms with van der Waals surface area (Å²) in [7, 11) is 0. The van der Waals surface area contributed by atoms with E-state index in [4.69, 9.17) is 9.47 Å². The molecule has 6 unspecified atom stereocenters. The van der Waals surface area contributed by atoms with Crippen molar-refractivity contribution in [2.75, 3.05) is 25.1 Å². The average molecular weight is 700 g/mol. The van der Waals surface area contributed by atoms with Gasteiger partial charge in [-0.25, -0.2) is 0 Å². The van der Waals surface area contributed by atoms with Crippen LogP contribution in [0.3, 0.4) is 0 Å². The number of nitrogens with one attached hydrogen (secondary N) is 2. The minimum absolute atomic E-state index is 0.00518. The first-order valence-corrected chi connectivity index (χ1v) is 18.1. The Balaban J connectivity index is 1.07. The molecule has 8 rings (SSSR count). The van der Waals surface area contributed by atoms with E-state index < -0.39 is 17.8 Å². The van der Waals surface area contributed by atoms with Gasteiger partial charge in [-0.15, -0.1) is 11.8 Å². The third-order valence-corrected chi connectivity index (χ3v) is 13.0. The molecule has 1 aromatic heterocycles. The molecule has 3 heterocycles. The van der Waals surface area contributed by atoms with Gasteiger partial charge in [-0.1, -0.05) is 53.8 Å². The first kappa shape index (κ1) is 31.6. The number of ether oxygens (including phenoxy) is 2. The van der Waals surface area contributed by atoms with E-state index in [1.54, 1.807) is 17.8 Å². The number of aromatic nitrogens is 1. The molecule has 0 radical (unpaired) electrons. The van der Waals surface area contributed by atoms with Gasteiger partial charge >= 0.3 is 10.8 Å². The van der Waals surface area contributed by atoms with Gasteiger partial charge in [-0.2, -0.15) is 0 Å². The molecule has 2 aliphatic heterocycles. The zero-order valence-electron chi connectivity index (χ0n) is 26.4. The van der Waals surface area contributed by atoms with Crippen LogP contribution in [0, 0.1) is 29.6 Å². The summed E-state index contributed by atoms with van der Waals surface area (Å²) in [4.78, 5) is 69.0. The van der Waals surface area contributed by atoms with E-state index in [2.05, 4.69) is 10.3 Å². The Morgan fingerprint density at radius 1 is 0.980 bits per heavy atom. The molecule has 3 amide bonds. The van der Waals surface area contributed by atoms with Crippen LogP contribution >= 0.6 is 23.1 Å². The molecule has 3 aromatic carbocycles. The number of amides is 3. The van der Waals surface area contributed by atoms with Gasteiger partial charge in [0.1, 0.15) is 0 Å². The summed E-state index contributed by atoms with van der Waals surface area (Å²) < 4.78 is 12.0. The largest absolute Gasteiger partial charge is 0.490 e. The number of likely N-dealkylation sites (tertiary alicyclic amines) is 1. The maximum Gasteiger partial charge on any atom is 0.305 e. The molecule has 49 heavy (non-hydrogen) atoms. The number of rotatable bonds is 10. The topological polar surface area (TPSA) is 155 Å². The fourth-order valence-electron chi connectivity index (χ4n) is 8.65. The van der Waals surface area contributed by atoms with E-state index in [1.165, 1.54) is 0 Å². The summed E-state index contributed by atoms with van der Waals surface area (Å²) in [5.41, 5.74) is 1.59. The highest BCUT2D eigenvalue weighted by Crippen LogP contribution is 2.68. The number of carboxylic acid groups (broad SMARTS) is 1. The third kappa shape index (κ3) is 5.30. The molecule has 0 spiro atoms. The summed E-state index contributed by atoms with van der Waals surface area (Å²) in [5.74, 6) is -2.45. The molecule has 1 saturated heterocycles. The lowest BCUT2D eigenvalue weighted by molar-refractivity contribution is -0.142. The van der Waals surface area contributed by atoms with Crippen LogP contribution in [-0.4, -0.2) is 63.7 Å². The number of benzene rings is 3. The first-order chi connectivity index (χ1) is 23.7. The Labute approximate surface area is 289 Å².